The predicted octanol–water partition coefficient (Wildman–Crippen LogP) is 5.18. The molecule has 254 valence electrons. The smallest absolute Gasteiger partial charge is 0.323 e. The van der Waals surface area contributed by atoms with Gasteiger partial charge in [-0.3, -0.25) is 4.79 Å². The van der Waals surface area contributed by atoms with Crippen LogP contribution in [0.2, 0.25) is 0 Å². The predicted molar refractivity (Wildman–Crippen MR) is 179 cm³/mol. The van der Waals surface area contributed by atoms with Gasteiger partial charge in [0.1, 0.15) is 11.5 Å². The van der Waals surface area contributed by atoms with Crippen LogP contribution in [0.1, 0.15) is 64.2 Å². The topological polar surface area (TPSA) is 142 Å². The quantitative estimate of drug-likeness (QED) is 0.311. The van der Waals surface area contributed by atoms with E-state index in [9.17, 15) is 19.5 Å². The highest BCUT2D eigenvalue weighted by atomic mass is 16.5. The van der Waals surface area contributed by atoms with Gasteiger partial charge in [0.15, 0.2) is 0 Å². The third-order valence-electron chi connectivity index (χ3n) is 7.87. The van der Waals surface area contributed by atoms with Crippen molar-refractivity contribution in [2.24, 2.45) is 5.92 Å². The molecule has 1 heterocycles. The molecule has 0 saturated heterocycles. The summed E-state index contributed by atoms with van der Waals surface area (Å²) in [4.78, 5) is 43.0. The van der Waals surface area contributed by atoms with Gasteiger partial charge in [-0.15, -0.1) is 0 Å². The van der Waals surface area contributed by atoms with Crippen LogP contribution in [0.5, 0.6) is 11.5 Å². The molecule has 1 aliphatic rings. The summed E-state index contributed by atoms with van der Waals surface area (Å²) >= 11 is 0. The molecular weight excluding hydrogens is 590 g/mol. The number of fused-ring (bicyclic) bond motifs is 1. The van der Waals surface area contributed by atoms with Gasteiger partial charge in [-0.05, 0) is 89.4 Å². The Morgan fingerprint density at radius 2 is 1.74 bits per heavy atom. The zero-order chi connectivity index (χ0) is 33.8. The first-order chi connectivity index (χ1) is 21.9. The molecule has 2 aromatic rings. The van der Waals surface area contributed by atoms with Crippen LogP contribution in [0.3, 0.4) is 0 Å². The number of nitrogens with zero attached hydrogens (tertiary/aromatic N) is 2. The second kappa shape index (κ2) is 17.6. The summed E-state index contributed by atoms with van der Waals surface area (Å²) in [5, 5.41) is 18.7. The normalized spacial score (nSPS) is 20.1. The number of aliphatic hydroxyl groups is 1. The first kappa shape index (κ1) is 36.4. The number of rotatable bonds is 8. The van der Waals surface area contributed by atoms with Crippen LogP contribution in [-0.4, -0.2) is 97.6 Å². The van der Waals surface area contributed by atoms with Crippen molar-refractivity contribution in [1.29, 1.82) is 0 Å². The first-order valence-corrected chi connectivity index (χ1v) is 16.0. The number of aliphatic hydroxyl groups excluding tert-OH is 1. The Morgan fingerprint density at radius 3 is 2.39 bits per heavy atom. The molecule has 0 radical (unpaired) electrons. The number of amides is 5. The Kier molecular flexibility index (Phi) is 13.9. The average molecular weight is 642 g/mol. The summed E-state index contributed by atoms with van der Waals surface area (Å²) in [6.45, 7) is 10.4. The Hall–Kier alpha value is -4.03. The van der Waals surface area contributed by atoms with Gasteiger partial charge in [-0.2, -0.15) is 0 Å². The van der Waals surface area contributed by atoms with Crippen LogP contribution in [0, 0.1) is 5.92 Å². The van der Waals surface area contributed by atoms with Crippen molar-refractivity contribution in [2.75, 3.05) is 51.1 Å². The second-order valence-electron chi connectivity index (χ2n) is 12.3. The van der Waals surface area contributed by atoms with Crippen molar-refractivity contribution in [2.45, 2.75) is 78.2 Å². The number of ether oxygens (including phenoxy) is 3. The van der Waals surface area contributed by atoms with Gasteiger partial charge in [0.05, 0.1) is 37.5 Å². The summed E-state index contributed by atoms with van der Waals surface area (Å²) in [6, 6.07) is 10.7. The molecule has 0 bridgehead atoms. The van der Waals surface area contributed by atoms with E-state index in [1.165, 1.54) is 0 Å². The Balaban J connectivity index is 1.90. The summed E-state index contributed by atoms with van der Waals surface area (Å²) in [7, 11) is 3.30. The minimum Gasteiger partial charge on any atom is -0.497 e. The van der Waals surface area contributed by atoms with Gasteiger partial charge in [-0.1, -0.05) is 6.92 Å². The van der Waals surface area contributed by atoms with E-state index in [4.69, 9.17) is 14.2 Å². The van der Waals surface area contributed by atoms with Crippen molar-refractivity contribution in [1.82, 2.24) is 15.1 Å². The maximum atomic E-state index is 14.3. The number of carbonyl (C=O) groups excluding carboxylic acids is 3. The standard InChI is InChI=1S/C34H51N5O7/c1-22(2)35-34(43)38(6)20-31-23(3)19-39(24(4)21-40)32(41)29-18-27(13-16-30(29)46-25(5)10-8-9-17-45-31)37-33(42)36-26-11-14-28(44-7)15-12-26/h11-16,18,22-25,31,40H,8-10,17,19-21H2,1-7H3,(H,35,43)(H2,36,37,42)/t23-,24+,25-,31+/m1/s1. The van der Waals surface area contributed by atoms with Crippen molar-refractivity contribution >= 4 is 29.3 Å². The van der Waals surface area contributed by atoms with Gasteiger partial charge in [0.25, 0.3) is 5.91 Å². The van der Waals surface area contributed by atoms with E-state index in [-0.39, 0.29) is 54.8 Å². The Morgan fingerprint density at radius 1 is 1.07 bits per heavy atom. The van der Waals surface area contributed by atoms with Gasteiger partial charge in [-0.25, -0.2) is 9.59 Å². The number of hydrogen-bond donors (Lipinski definition) is 4. The number of urea groups is 2. The van der Waals surface area contributed by atoms with Crippen molar-refractivity contribution in [3.05, 3.63) is 48.0 Å². The molecule has 5 amide bonds. The van der Waals surface area contributed by atoms with Gasteiger partial charge in [0, 0.05) is 50.1 Å². The highest BCUT2D eigenvalue weighted by Crippen LogP contribution is 2.29. The van der Waals surface area contributed by atoms with Gasteiger partial charge < -0.3 is 45.1 Å². The van der Waals surface area contributed by atoms with Crippen LogP contribution < -0.4 is 25.4 Å². The van der Waals surface area contributed by atoms with E-state index in [0.29, 0.717) is 36.0 Å². The van der Waals surface area contributed by atoms with Gasteiger partial charge in [0.2, 0.25) is 0 Å². The summed E-state index contributed by atoms with van der Waals surface area (Å²) in [5.41, 5.74) is 1.24. The molecule has 0 aromatic heterocycles. The summed E-state index contributed by atoms with van der Waals surface area (Å²) in [6.07, 6.45) is 1.88. The molecule has 4 atom stereocenters. The number of likely N-dealkylation sites (N-methyl/N-ethyl adjacent to an activating group) is 1. The second-order valence-corrected chi connectivity index (χ2v) is 12.3. The average Bonchev–Trinajstić information content (AvgIpc) is 3.02. The van der Waals surface area contributed by atoms with Crippen LogP contribution in [0.15, 0.2) is 42.5 Å². The number of carbonyl (C=O) groups is 3. The van der Waals surface area contributed by atoms with Crippen LogP contribution in [0.4, 0.5) is 21.0 Å². The van der Waals surface area contributed by atoms with Crippen molar-refractivity contribution < 1.29 is 33.7 Å². The number of anilines is 2. The summed E-state index contributed by atoms with van der Waals surface area (Å²) < 4.78 is 17.8. The molecule has 46 heavy (non-hydrogen) atoms. The fraction of sp³-hybridized carbons (Fsp3) is 0.559. The molecule has 12 nitrogen and oxygen atoms in total. The van der Waals surface area contributed by atoms with E-state index in [1.54, 1.807) is 73.3 Å². The first-order valence-electron chi connectivity index (χ1n) is 16.0. The molecule has 0 fully saturated rings. The van der Waals surface area contributed by atoms with Crippen molar-refractivity contribution in [3.63, 3.8) is 0 Å². The SMILES string of the molecule is COc1ccc(NC(=O)Nc2ccc3c(c2)C(=O)N([C@@H](C)CO)C[C@@H](C)[C@H](CN(C)C(=O)NC(C)C)OCCCC[C@@H](C)O3)cc1. The van der Waals surface area contributed by atoms with Crippen LogP contribution in [-0.2, 0) is 4.74 Å². The zero-order valence-electron chi connectivity index (χ0n) is 28.2. The molecule has 0 aliphatic carbocycles. The lowest BCUT2D eigenvalue weighted by Crippen LogP contribution is -2.49. The fourth-order valence-corrected chi connectivity index (χ4v) is 5.14. The van der Waals surface area contributed by atoms with E-state index >= 15 is 0 Å². The minimum atomic E-state index is -0.522. The minimum absolute atomic E-state index is 0.00650. The number of hydrogen-bond acceptors (Lipinski definition) is 7. The number of methoxy groups -OCH3 is 1. The molecule has 0 unspecified atom stereocenters. The maximum absolute atomic E-state index is 14.3. The largest absolute Gasteiger partial charge is 0.497 e. The monoisotopic (exact) mass is 641 g/mol. The third-order valence-corrected chi connectivity index (χ3v) is 7.87. The van der Waals surface area contributed by atoms with E-state index < -0.39 is 12.1 Å². The van der Waals surface area contributed by atoms with Crippen LogP contribution in [0.25, 0.3) is 0 Å². The lowest BCUT2D eigenvalue weighted by Gasteiger charge is -2.36. The molecule has 12 heteroatoms. The van der Waals surface area contributed by atoms with Crippen molar-refractivity contribution in [3.8, 4) is 11.5 Å². The zero-order valence-corrected chi connectivity index (χ0v) is 28.2. The number of benzene rings is 2. The van der Waals surface area contributed by atoms with E-state index in [1.807, 2.05) is 27.7 Å². The highest BCUT2D eigenvalue weighted by Gasteiger charge is 2.31. The Bertz CT molecular complexity index is 1290. The lowest BCUT2D eigenvalue weighted by atomic mass is 10.0. The number of nitrogens with one attached hydrogen (secondary N) is 3. The molecule has 0 saturated carbocycles. The molecule has 4 N–H and O–H groups in total. The molecule has 3 rings (SSSR count). The third kappa shape index (κ3) is 10.8. The van der Waals surface area contributed by atoms with Gasteiger partial charge >= 0.3 is 12.1 Å². The lowest BCUT2D eigenvalue weighted by molar-refractivity contribution is -0.0122. The molecule has 1 aliphatic heterocycles. The Labute approximate surface area is 272 Å². The van der Waals surface area contributed by atoms with Crippen LogP contribution >= 0.6 is 0 Å². The molecular formula is C34H51N5O7. The summed E-state index contributed by atoms with van der Waals surface area (Å²) in [5.74, 6) is 0.533. The molecule has 0 spiro atoms. The molecule has 2 aromatic carbocycles. The maximum Gasteiger partial charge on any atom is 0.323 e. The van der Waals surface area contributed by atoms with E-state index in [2.05, 4.69) is 16.0 Å². The fourth-order valence-electron chi connectivity index (χ4n) is 5.14. The highest BCUT2D eigenvalue weighted by molar-refractivity contribution is 6.02. The van der Waals surface area contributed by atoms with E-state index in [0.717, 1.165) is 19.3 Å².